The van der Waals surface area contributed by atoms with E-state index >= 15 is 0 Å². The Bertz CT molecular complexity index is 475. The van der Waals surface area contributed by atoms with E-state index < -0.39 is 5.97 Å². The molecule has 1 unspecified atom stereocenters. The van der Waals surface area contributed by atoms with Crippen molar-refractivity contribution < 1.29 is 19.4 Å². The number of hydrogen-bond acceptors (Lipinski definition) is 4. The van der Waals surface area contributed by atoms with Gasteiger partial charge in [0.2, 0.25) is 0 Å². The Morgan fingerprint density at radius 3 is 2.90 bits per heavy atom. The van der Waals surface area contributed by atoms with E-state index in [0.717, 1.165) is 18.9 Å². The number of rotatable bonds is 8. The van der Waals surface area contributed by atoms with Crippen LogP contribution in [0.5, 0.6) is 0 Å². The number of amides is 1. The van der Waals surface area contributed by atoms with Crippen molar-refractivity contribution in [2.45, 2.75) is 25.8 Å². The normalized spacial score (nSPS) is 12.5. The van der Waals surface area contributed by atoms with Crippen molar-refractivity contribution in [1.82, 2.24) is 5.32 Å². The van der Waals surface area contributed by atoms with E-state index in [1.807, 2.05) is 6.92 Å². The number of aliphatic carboxylic acids is 1. The van der Waals surface area contributed by atoms with Crippen LogP contribution < -0.4 is 5.32 Å². The Morgan fingerprint density at radius 1 is 1.55 bits per heavy atom. The van der Waals surface area contributed by atoms with Crippen LogP contribution in [0.3, 0.4) is 0 Å². The van der Waals surface area contributed by atoms with E-state index in [9.17, 15) is 9.59 Å². The van der Waals surface area contributed by atoms with Crippen LogP contribution in [0.4, 0.5) is 0 Å². The molecule has 0 aliphatic heterocycles. The molecule has 0 aliphatic carbocycles. The molecule has 20 heavy (non-hydrogen) atoms. The van der Waals surface area contributed by atoms with E-state index in [-0.39, 0.29) is 11.9 Å². The van der Waals surface area contributed by atoms with E-state index in [4.69, 9.17) is 9.84 Å². The third kappa shape index (κ3) is 5.14. The number of nitrogens with one attached hydrogen (secondary N) is 1. The average Bonchev–Trinajstić information content (AvgIpc) is 2.85. The number of hydrogen-bond donors (Lipinski definition) is 2. The van der Waals surface area contributed by atoms with Gasteiger partial charge in [-0.05, 0) is 29.5 Å². The fourth-order valence-corrected chi connectivity index (χ4v) is 2.58. The maximum Gasteiger partial charge on any atom is 0.328 e. The lowest BCUT2D eigenvalue weighted by molar-refractivity contribution is -0.131. The van der Waals surface area contributed by atoms with Gasteiger partial charge in [-0.15, -0.1) is 11.3 Å². The lowest BCUT2D eigenvalue weighted by atomic mass is 10.1. The minimum atomic E-state index is -1.04. The van der Waals surface area contributed by atoms with E-state index in [0.29, 0.717) is 17.0 Å². The van der Waals surface area contributed by atoms with Crippen molar-refractivity contribution in [1.29, 1.82) is 0 Å². The molecule has 0 saturated heterocycles. The molecule has 0 bridgehead atoms. The van der Waals surface area contributed by atoms with Gasteiger partial charge in [0.25, 0.3) is 5.91 Å². The predicted molar refractivity (Wildman–Crippen MR) is 79.0 cm³/mol. The molecule has 1 heterocycles. The fourth-order valence-electron chi connectivity index (χ4n) is 1.79. The van der Waals surface area contributed by atoms with Crippen LogP contribution >= 0.6 is 11.3 Å². The molecule has 1 aromatic heterocycles. The van der Waals surface area contributed by atoms with Crippen LogP contribution in [-0.2, 0) is 9.53 Å². The lowest BCUT2D eigenvalue weighted by Gasteiger charge is -2.16. The third-order valence-corrected chi connectivity index (χ3v) is 3.58. The smallest absolute Gasteiger partial charge is 0.328 e. The van der Waals surface area contributed by atoms with Gasteiger partial charge >= 0.3 is 5.97 Å². The highest BCUT2D eigenvalue weighted by atomic mass is 32.1. The molecule has 1 aromatic rings. The Labute approximate surface area is 122 Å². The Morgan fingerprint density at radius 2 is 2.30 bits per heavy atom. The zero-order valence-electron chi connectivity index (χ0n) is 11.6. The van der Waals surface area contributed by atoms with Crippen LogP contribution in [0.1, 0.15) is 35.0 Å². The van der Waals surface area contributed by atoms with Gasteiger partial charge < -0.3 is 15.2 Å². The summed E-state index contributed by atoms with van der Waals surface area (Å²) in [6.07, 6.45) is 4.24. The van der Waals surface area contributed by atoms with E-state index in [1.54, 1.807) is 18.6 Å². The minimum Gasteiger partial charge on any atom is -0.478 e. The summed E-state index contributed by atoms with van der Waals surface area (Å²) >= 11 is 1.29. The molecule has 0 aromatic carbocycles. The van der Waals surface area contributed by atoms with Crippen molar-refractivity contribution in [3.8, 4) is 0 Å². The van der Waals surface area contributed by atoms with E-state index in [1.165, 1.54) is 17.4 Å². The molecule has 5 nitrogen and oxygen atoms in total. The van der Waals surface area contributed by atoms with Crippen LogP contribution in [0.15, 0.2) is 17.5 Å². The summed E-state index contributed by atoms with van der Waals surface area (Å²) in [5.74, 6) is -1.23. The Kier molecular flexibility index (Phi) is 6.97. The van der Waals surface area contributed by atoms with E-state index in [2.05, 4.69) is 5.32 Å². The molecule has 0 fully saturated rings. The lowest BCUT2D eigenvalue weighted by Crippen LogP contribution is -2.37. The van der Waals surface area contributed by atoms with Crippen molar-refractivity contribution in [3.05, 3.63) is 28.0 Å². The molecular weight excluding hydrogens is 278 g/mol. The number of methoxy groups -OCH3 is 1. The molecule has 1 atom stereocenters. The first-order valence-corrected chi connectivity index (χ1v) is 7.24. The zero-order chi connectivity index (χ0) is 15.0. The van der Waals surface area contributed by atoms with Gasteiger partial charge in [0.15, 0.2) is 0 Å². The SMILES string of the molecule is CCCC(COC)NC(=O)c1sccc1C=CC(=O)O. The molecule has 2 N–H and O–H groups in total. The molecule has 1 rings (SSSR count). The second-order valence-corrected chi connectivity index (χ2v) is 5.21. The van der Waals surface area contributed by atoms with Gasteiger partial charge in [0.05, 0.1) is 17.5 Å². The van der Waals surface area contributed by atoms with Crippen molar-refractivity contribution in [3.63, 3.8) is 0 Å². The number of carboxylic acids is 1. The summed E-state index contributed by atoms with van der Waals surface area (Å²) in [5, 5.41) is 13.3. The third-order valence-electron chi connectivity index (χ3n) is 2.65. The van der Waals surface area contributed by atoms with Gasteiger partial charge in [-0.1, -0.05) is 13.3 Å². The first kappa shape index (κ1) is 16.4. The molecule has 1 amide bonds. The first-order valence-electron chi connectivity index (χ1n) is 6.36. The number of carbonyl (C=O) groups is 2. The summed E-state index contributed by atoms with van der Waals surface area (Å²) in [5.41, 5.74) is 0.613. The molecule has 0 saturated carbocycles. The summed E-state index contributed by atoms with van der Waals surface area (Å²) in [6, 6.07) is 1.69. The zero-order valence-corrected chi connectivity index (χ0v) is 12.4. The highest BCUT2D eigenvalue weighted by Crippen LogP contribution is 2.18. The highest BCUT2D eigenvalue weighted by molar-refractivity contribution is 7.12. The minimum absolute atomic E-state index is 0.0316. The Hall–Kier alpha value is -1.66. The van der Waals surface area contributed by atoms with Crippen LogP contribution in [0, 0.1) is 0 Å². The maximum absolute atomic E-state index is 12.2. The van der Waals surface area contributed by atoms with Gasteiger partial charge in [0, 0.05) is 13.2 Å². The Balaban J connectivity index is 2.76. The number of thiophene rings is 1. The summed E-state index contributed by atoms with van der Waals surface area (Å²) in [7, 11) is 1.60. The second-order valence-electron chi connectivity index (χ2n) is 4.29. The summed E-state index contributed by atoms with van der Waals surface area (Å²) < 4.78 is 5.08. The average molecular weight is 297 g/mol. The van der Waals surface area contributed by atoms with Crippen molar-refractivity contribution in [2.75, 3.05) is 13.7 Å². The van der Waals surface area contributed by atoms with Gasteiger partial charge in [-0.3, -0.25) is 4.79 Å². The highest BCUT2D eigenvalue weighted by Gasteiger charge is 2.16. The fraction of sp³-hybridized carbons (Fsp3) is 0.429. The predicted octanol–water partition coefficient (Wildman–Crippen LogP) is 2.39. The number of carbonyl (C=O) groups excluding carboxylic acids is 1. The molecule has 0 aliphatic rings. The van der Waals surface area contributed by atoms with Crippen molar-refractivity contribution >= 4 is 29.3 Å². The second kappa shape index (κ2) is 8.50. The molecule has 6 heteroatoms. The largest absolute Gasteiger partial charge is 0.478 e. The van der Waals surface area contributed by atoms with Crippen molar-refractivity contribution in [2.24, 2.45) is 0 Å². The molecular formula is C14H19NO4S. The summed E-state index contributed by atoms with van der Waals surface area (Å²) in [4.78, 5) is 23.2. The number of carboxylic acid groups (broad SMARTS) is 1. The van der Waals surface area contributed by atoms with Crippen LogP contribution in [0.2, 0.25) is 0 Å². The first-order chi connectivity index (χ1) is 9.58. The summed E-state index contributed by atoms with van der Waals surface area (Å²) in [6.45, 7) is 2.51. The molecule has 0 radical (unpaired) electrons. The van der Waals surface area contributed by atoms with Gasteiger partial charge in [-0.25, -0.2) is 4.79 Å². The molecule has 0 spiro atoms. The topological polar surface area (TPSA) is 75.6 Å². The number of ether oxygens (including phenoxy) is 1. The monoisotopic (exact) mass is 297 g/mol. The quantitative estimate of drug-likeness (QED) is 0.722. The standard InChI is InChI=1S/C14H19NO4S/c1-3-4-11(9-19-2)15-14(18)13-10(7-8-20-13)5-6-12(16)17/h5-8,11H,3-4,9H2,1-2H3,(H,15,18)(H,16,17). The maximum atomic E-state index is 12.2. The van der Waals surface area contributed by atoms with Crippen LogP contribution in [0.25, 0.3) is 6.08 Å². The van der Waals surface area contributed by atoms with Gasteiger partial charge in [0.1, 0.15) is 0 Å². The molecule has 110 valence electrons. The van der Waals surface area contributed by atoms with Crippen LogP contribution in [-0.4, -0.2) is 36.7 Å². The van der Waals surface area contributed by atoms with Gasteiger partial charge in [-0.2, -0.15) is 0 Å².